The van der Waals surface area contributed by atoms with Gasteiger partial charge in [0.15, 0.2) is 5.69 Å². The molecular weight excluding hydrogens is 274 g/mol. The number of carbonyl (C=O) groups is 2. The third-order valence-corrected chi connectivity index (χ3v) is 3.66. The van der Waals surface area contributed by atoms with Gasteiger partial charge in [0.2, 0.25) is 5.91 Å². The lowest BCUT2D eigenvalue weighted by atomic mass is 9.93. The highest BCUT2D eigenvalue weighted by Gasteiger charge is 2.29. The molecule has 1 aromatic heterocycles. The lowest BCUT2D eigenvalue weighted by molar-refractivity contribution is -0.129. The Morgan fingerprint density at radius 3 is 2.62 bits per heavy atom. The van der Waals surface area contributed by atoms with Gasteiger partial charge in [-0.2, -0.15) is 0 Å². The Hall–Kier alpha value is -1.96. The summed E-state index contributed by atoms with van der Waals surface area (Å²) >= 11 is 0. The molecule has 116 valence electrons. The molecule has 0 aromatic carbocycles. The molecule has 0 radical (unpaired) electrons. The minimum Gasteiger partial charge on any atom is -0.464 e. The van der Waals surface area contributed by atoms with Gasteiger partial charge in [-0.25, -0.2) is 9.48 Å². The van der Waals surface area contributed by atoms with Gasteiger partial charge in [0.05, 0.1) is 12.8 Å². The number of methoxy groups -OCH3 is 1. The Labute approximate surface area is 123 Å². The van der Waals surface area contributed by atoms with E-state index < -0.39 is 5.97 Å². The fourth-order valence-electron chi connectivity index (χ4n) is 2.45. The summed E-state index contributed by atoms with van der Waals surface area (Å²) in [5.74, 6) is -0.441. The Bertz CT molecular complexity index is 520. The third kappa shape index (κ3) is 3.38. The largest absolute Gasteiger partial charge is 0.464 e. The summed E-state index contributed by atoms with van der Waals surface area (Å²) in [6, 6.07) is 0. The van der Waals surface area contributed by atoms with Gasteiger partial charge in [-0.15, -0.1) is 5.10 Å². The predicted octanol–water partition coefficient (Wildman–Crippen LogP) is -0.380. The van der Waals surface area contributed by atoms with Crippen LogP contribution in [0.2, 0.25) is 0 Å². The van der Waals surface area contributed by atoms with E-state index in [0.717, 1.165) is 25.9 Å². The fourth-order valence-corrected chi connectivity index (χ4v) is 2.45. The molecular formula is C13H21N5O3. The molecule has 8 nitrogen and oxygen atoms in total. The second-order valence-corrected chi connectivity index (χ2v) is 5.28. The number of nitrogens with zero attached hydrogens (tertiary/aromatic N) is 4. The van der Waals surface area contributed by atoms with Gasteiger partial charge in [-0.3, -0.25) is 4.79 Å². The van der Waals surface area contributed by atoms with Crippen LogP contribution in [0.3, 0.4) is 0 Å². The van der Waals surface area contributed by atoms with Gasteiger partial charge in [0.25, 0.3) is 0 Å². The van der Waals surface area contributed by atoms with Crippen LogP contribution in [0, 0.1) is 0 Å². The van der Waals surface area contributed by atoms with Gasteiger partial charge in [-0.1, -0.05) is 5.21 Å². The van der Waals surface area contributed by atoms with Crippen molar-refractivity contribution in [3.05, 3.63) is 11.4 Å². The summed E-state index contributed by atoms with van der Waals surface area (Å²) in [6.07, 6.45) is 1.76. The standard InChI is InChI=1S/C13H21N5O3/c1-17(2)10(19)8-18-12(9-4-6-14-7-5-9)11(15-16-18)13(20)21-3/h9,14H,4-8H2,1-3H3. The van der Waals surface area contributed by atoms with Crippen molar-refractivity contribution in [2.75, 3.05) is 34.3 Å². The summed E-state index contributed by atoms with van der Waals surface area (Å²) in [7, 11) is 4.69. The van der Waals surface area contributed by atoms with Crippen LogP contribution in [0.15, 0.2) is 0 Å². The van der Waals surface area contributed by atoms with E-state index in [9.17, 15) is 9.59 Å². The molecule has 1 aliphatic rings. The molecule has 8 heteroatoms. The van der Waals surface area contributed by atoms with Crippen molar-refractivity contribution in [1.82, 2.24) is 25.2 Å². The molecule has 1 N–H and O–H groups in total. The number of rotatable bonds is 4. The van der Waals surface area contributed by atoms with Gasteiger partial charge < -0.3 is 15.0 Å². The SMILES string of the molecule is COC(=O)c1nnn(CC(=O)N(C)C)c1C1CCNCC1. The van der Waals surface area contributed by atoms with Crippen molar-refractivity contribution in [3.8, 4) is 0 Å². The molecule has 1 fully saturated rings. The van der Waals surface area contributed by atoms with E-state index in [2.05, 4.69) is 15.6 Å². The number of hydrogen-bond donors (Lipinski definition) is 1. The van der Waals surface area contributed by atoms with Crippen LogP contribution in [0.25, 0.3) is 0 Å². The van der Waals surface area contributed by atoms with Crippen molar-refractivity contribution in [3.63, 3.8) is 0 Å². The van der Waals surface area contributed by atoms with Gasteiger partial charge in [0.1, 0.15) is 6.54 Å². The summed E-state index contributed by atoms with van der Waals surface area (Å²) in [6.45, 7) is 1.83. The van der Waals surface area contributed by atoms with Crippen molar-refractivity contribution in [2.45, 2.75) is 25.3 Å². The zero-order valence-electron chi connectivity index (χ0n) is 12.6. The van der Waals surface area contributed by atoms with E-state index in [0.29, 0.717) is 5.69 Å². The van der Waals surface area contributed by atoms with E-state index >= 15 is 0 Å². The molecule has 2 heterocycles. The van der Waals surface area contributed by atoms with E-state index in [1.165, 1.54) is 16.7 Å². The Morgan fingerprint density at radius 2 is 2.05 bits per heavy atom. The molecule has 1 aromatic rings. The number of amides is 1. The van der Waals surface area contributed by atoms with E-state index in [-0.39, 0.29) is 24.1 Å². The Balaban J connectivity index is 2.33. The number of hydrogen-bond acceptors (Lipinski definition) is 6. The van der Waals surface area contributed by atoms with E-state index in [1.54, 1.807) is 14.1 Å². The number of likely N-dealkylation sites (N-methyl/N-ethyl adjacent to an activating group) is 1. The van der Waals surface area contributed by atoms with Crippen molar-refractivity contribution in [1.29, 1.82) is 0 Å². The highest BCUT2D eigenvalue weighted by molar-refractivity contribution is 5.88. The summed E-state index contributed by atoms with van der Waals surface area (Å²) in [5.41, 5.74) is 0.925. The number of esters is 1. The highest BCUT2D eigenvalue weighted by atomic mass is 16.5. The van der Waals surface area contributed by atoms with Crippen molar-refractivity contribution < 1.29 is 14.3 Å². The molecule has 1 amide bonds. The highest BCUT2D eigenvalue weighted by Crippen LogP contribution is 2.27. The maximum absolute atomic E-state index is 11.9. The summed E-state index contributed by atoms with van der Waals surface area (Å²) in [5, 5.41) is 11.2. The van der Waals surface area contributed by atoms with Crippen LogP contribution in [0.4, 0.5) is 0 Å². The van der Waals surface area contributed by atoms with E-state index in [1.807, 2.05) is 0 Å². The first-order chi connectivity index (χ1) is 10.0. The Morgan fingerprint density at radius 1 is 1.38 bits per heavy atom. The minimum atomic E-state index is -0.507. The molecule has 1 saturated heterocycles. The first-order valence-corrected chi connectivity index (χ1v) is 6.97. The normalized spacial score (nSPS) is 15.8. The van der Waals surface area contributed by atoms with Crippen molar-refractivity contribution >= 4 is 11.9 Å². The first kappa shape index (κ1) is 15.4. The third-order valence-electron chi connectivity index (χ3n) is 3.66. The molecule has 0 bridgehead atoms. The smallest absolute Gasteiger partial charge is 0.360 e. The predicted molar refractivity (Wildman–Crippen MR) is 74.9 cm³/mol. The molecule has 0 spiro atoms. The quantitative estimate of drug-likeness (QED) is 0.762. The fraction of sp³-hybridized carbons (Fsp3) is 0.692. The number of ether oxygens (including phenoxy) is 1. The average Bonchev–Trinajstić information content (AvgIpc) is 2.90. The molecule has 0 atom stereocenters. The van der Waals surface area contributed by atoms with Crippen LogP contribution in [-0.2, 0) is 16.1 Å². The maximum atomic E-state index is 11.9. The molecule has 0 saturated carbocycles. The van der Waals surface area contributed by atoms with Crippen LogP contribution in [0.5, 0.6) is 0 Å². The van der Waals surface area contributed by atoms with Crippen molar-refractivity contribution in [2.24, 2.45) is 0 Å². The van der Waals surface area contributed by atoms with Crippen LogP contribution >= 0.6 is 0 Å². The number of nitrogens with one attached hydrogen (secondary N) is 1. The second-order valence-electron chi connectivity index (χ2n) is 5.28. The van der Waals surface area contributed by atoms with Crippen LogP contribution in [-0.4, -0.2) is 66.1 Å². The molecule has 0 aliphatic carbocycles. The average molecular weight is 295 g/mol. The monoisotopic (exact) mass is 295 g/mol. The second kappa shape index (κ2) is 6.66. The molecule has 2 rings (SSSR count). The van der Waals surface area contributed by atoms with Gasteiger partial charge >= 0.3 is 5.97 Å². The van der Waals surface area contributed by atoms with E-state index in [4.69, 9.17) is 4.74 Å². The Kier molecular flexibility index (Phi) is 4.89. The zero-order chi connectivity index (χ0) is 15.4. The summed E-state index contributed by atoms with van der Waals surface area (Å²) < 4.78 is 6.30. The van der Waals surface area contributed by atoms with Gasteiger partial charge in [0, 0.05) is 20.0 Å². The first-order valence-electron chi connectivity index (χ1n) is 6.97. The van der Waals surface area contributed by atoms with Gasteiger partial charge in [-0.05, 0) is 25.9 Å². The topological polar surface area (TPSA) is 89.3 Å². The molecule has 1 aliphatic heterocycles. The van der Waals surface area contributed by atoms with Crippen LogP contribution < -0.4 is 5.32 Å². The number of carbonyl (C=O) groups excluding carboxylic acids is 2. The number of piperidine rings is 1. The molecule has 0 unspecified atom stereocenters. The lowest BCUT2D eigenvalue weighted by Gasteiger charge is -2.23. The lowest BCUT2D eigenvalue weighted by Crippen LogP contribution is -2.31. The number of aromatic nitrogens is 3. The minimum absolute atomic E-state index is 0.0796. The maximum Gasteiger partial charge on any atom is 0.360 e. The zero-order valence-corrected chi connectivity index (χ0v) is 12.6. The molecule has 21 heavy (non-hydrogen) atoms. The summed E-state index contributed by atoms with van der Waals surface area (Å²) in [4.78, 5) is 25.3. The van der Waals surface area contributed by atoms with Crippen LogP contribution in [0.1, 0.15) is 34.9 Å².